The highest BCUT2D eigenvalue weighted by Gasteiger charge is 2.33. The molecule has 3 aliphatic carbocycles. The molecule has 3 heterocycles. The lowest BCUT2D eigenvalue weighted by Gasteiger charge is -2.33. The molecule has 5 atom stereocenters. The summed E-state index contributed by atoms with van der Waals surface area (Å²) in [5, 5.41) is 28.3. The molecule has 1 unspecified atom stereocenters. The molecule has 6 aromatic carbocycles. The first-order valence-electron chi connectivity index (χ1n) is 22.3. The number of nitrogens with zero attached hydrogens (tertiary/aromatic N) is 2. The molecule has 61 heavy (non-hydrogen) atoms. The molecule has 0 radical (unpaired) electrons. The van der Waals surface area contributed by atoms with Crippen molar-refractivity contribution in [1.29, 1.82) is 0 Å². The molecule has 5 nitrogen and oxygen atoms in total. The van der Waals surface area contributed by atoms with E-state index >= 15 is 0 Å². The molecule has 308 valence electrons. The van der Waals surface area contributed by atoms with Crippen molar-refractivity contribution < 1.29 is 10.2 Å². The molecule has 1 fully saturated rings. The number of allylic oxidation sites excluding steroid dienone is 5. The van der Waals surface area contributed by atoms with E-state index in [0.717, 1.165) is 23.9 Å². The lowest BCUT2D eigenvalue weighted by atomic mass is 9.89. The number of hydrogen-bond donors (Lipinski definition) is 3. The van der Waals surface area contributed by atoms with Gasteiger partial charge in [0.05, 0.1) is 18.2 Å². The summed E-state index contributed by atoms with van der Waals surface area (Å²) < 4.78 is 4.73. The summed E-state index contributed by atoms with van der Waals surface area (Å²) in [6.07, 6.45) is 20.1. The van der Waals surface area contributed by atoms with Crippen molar-refractivity contribution in [2.24, 2.45) is 5.92 Å². The molecule has 3 aromatic heterocycles. The number of aliphatic hydroxyl groups excluding tert-OH is 2. The van der Waals surface area contributed by atoms with Crippen LogP contribution in [0.3, 0.4) is 0 Å². The van der Waals surface area contributed by atoms with Crippen molar-refractivity contribution in [2.75, 3.05) is 0 Å². The molecule has 12 rings (SSSR count). The minimum absolute atomic E-state index is 0.0569. The van der Waals surface area contributed by atoms with Gasteiger partial charge in [0.1, 0.15) is 6.10 Å². The van der Waals surface area contributed by atoms with Crippen molar-refractivity contribution in [1.82, 2.24) is 14.1 Å². The van der Waals surface area contributed by atoms with Gasteiger partial charge in [-0.2, -0.15) is 0 Å². The summed E-state index contributed by atoms with van der Waals surface area (Å²) in [7, 11) is 0. The van der Waals surface area contributed by atoms with E-state index in [1.807, 2.05) is 30.3 Å². The van der Waals surface area contributed by atoms with Gasteiger partial charge in [0, 0.05) is 65.4 Å². The smallest absolute Gasteiger partial charge is 0.101 e. The third-order valence-electron chi connectivity index (χ3n) is 12.9. The van der Waals surface area contributed by atoms with Crippen LogP contribution in [0.2, 0.25) is 0 Å². The zero-order chi connectivity index (χ0) is 41.5. The van der Waals surface area contributed by atoms with Crippen molar-refractivity contribution >= 4 is 65.4 Å². The second kappa shape index (κ2) is 18.6. The third-order valence-corrected chi connectivity index (χ3v) is 12.9. The van der Waals surface area contributed by atoms with Crippen LogP contribution in [-0.4, -0.2) is 36.5 Å². The predicted molar refractivity (Wildman–Crippen MR) is 258 cm³/mol. The SMILES string of the molecule is C1=C[C@H](n2c3ccccc3c3ccccc32)CCC1.C=CC1C=CCCC1.O[C@@H]1[C@H](O)CCC[C@H]1n1c2ccccc2c2ccccc21.c1ccc2c(c1)[nH]c1ccccc12. The van der Waals surface area contributed by atoms with Gasteiger partial charge < -0.3 is 24.3 Å². The molecule has 5 heteroatoms. The predicted octanol–water partition coefficient (Wildman–Crippen LogP) is 14.2. The van der Waals surface area contributed by atoms with E-state index in [-0.39, 0.29) is 6.04 Å². The van der Waals surface area contributed by atoms with E-state index < -0.39 is 12.2 Å². The maximum Gasteiger partial charge on any atom is 0.101 e. The molecule has 0 bridgehead atoms. The Morgan fingerprint density at radius 1 is 0.475 bits per heavy atom. The number of aromatic nitrogens is 3. The standard InChI is InChI=1S/C18H19NO2.C18H17N.C12H9N.C8H12/c20-17-11-5-10-16(18(17)21)19-14-8-3-1-6-12(14)13-7-2-4-9-15(13)19;1-2-8-14(9-3-1)19-17-12-6-4-10-15(17)16-11-5-7-13-18(16)19;1-3-7-11-9(5-1)10-6-2-4-8-12(10)13-11;1-2-8-6-4-3-5-7-8/h1-4,6-9,16-18,20-21H,5,10-11H2;2,4-8,10-14H,1,3,9H2;1-8,13H;2,4,6,8H,1,3,5,7H2/t16-,17-,18+;14-;;/m10../s1. The van der Waals surface area contributed by atoms with Gasteiger partial charge in [0.2, 0.25) is 0 Å². The third kappa shape index (κ3) is 8.33. The molecule has 0 aliphatic heterocycles. The van der Waals surface area contributed by atoms with Gasteiger partial charge in [-0.15, -0.1) is 6.58 Å². The second-order valence-electron chi connectivity index (χ2n) is 16.8. The lowest BCUT2D eigenvalue weighted by Crippen LogP contribution is -2.38. The van der Waals surface area contributed by atoms with Crippen molar-refractivity contribution in [3.63, 3.8) is 0 Å². The first-order valence-corrected chi connectivity index (χ1v) is 22.3. The van der Waals surface area contributed by atoms with Gasteiger partial charge in [-0.25, -0.2) is 0 Å². The zero-order valence-electron chi connectivity index (χ0n) is 35.0. The largest absolute Gasteiger partial charge is 0.390 e. The summed E-state index contributed by atoms with van der Waals surface area (Å²) in [6, 6.07) is 51.3. The van der Waals surface area contributed by atoms with Gasteiger partial charge in [-0.1, -0.05) is 140 Å². The molecule has 0 spiro atoms. The van der Waals surface area contributed by atoms with Gasteiger partial charge in [-0.3, -0.25) is 0 Å². The fraction of sp³-hybridized carbons (Fsp3) is 0.250. The van der Waals surface area contributed by atoms with E-state index in [1.165, 1.54) is 92.9 Å². The number of para-hydroxylation sites is 6. The molecule has 0 saturated heterocycles. The van der Waals surface area contributed by atoms with Gasteiger partial charge in [0.15, 0.2) is 0 Å². The minimum Gasteiger partial charge on any atom is -0.390 e. The Labute approximate surface area is 359 Å². The van der Waals surface area contributed by atoms with Crippen LogP contribution in [0.4, 0.5) is 0 Å². The molecule has 0 amide bonds. The Morgan fingerprint density at radius 2 is 0.918 bits per heavy atom. The minimum atomic E-state index is -0.696. The number of nitrogens with one attached hydrogen (secondary N) is 1. The van der Waals surface area contributed by atoms with Gasteiger partial charge >= 0.3 is 0 Å². The number of aliphatic hydroxyl groups is 2. The quantitative estimate of drug-likeness (QED) is 0.156. The van der Waals surface area contributed by atoms with E-state index in [4.69, 9.17) is 0 Å². The molecule has 9 aromatic rings. The Hall–Kier alpha value is -6.14. The van der Waals surface area contributed by atoms with Crippen molar-refractivity contribution in [3.05, 3.63) is 183 Å². The monoisotopic (exact) mass is 803 g/mol. The van der Waals surface area contributed by atoms with Crippen LogP contribution in [-0.2, 0) is 0 Å². The highest BCUT2D eigenvalue weighted by molar-refractivity contribution is 6.09. The van der Waals surface area contributed by atoms with Crippen LogP contribution in [0.5, 0.6) is 0 Å². The van der Waals surface area contributed by atoms with Crippen LogP contribution < -0.4 is 0 Å². The molecule has 1 saturated carbocycles. The van der Waals surface area contributed by atoms with Crippen LogP contribution in [0, 0.1) is 5.92 Å². The molecule has 3 N–H and O–H groups in total. The first-order chi connectivity index (χ1) is 30.1. The fourth-order valence-corrected chi connectivity index (χ4v) is 9.88. The summed E-state index contributed by atoms with van der Waals surface area (Å²) >= 11 is 0. The maximum absolute atomic E-state index is 10.5. The molecular weight excluding hydrogens is 747 g/mol. The Kier molecular flexibility index (Phi) is 12.3. The summed E-state index contributed by atoms with van der Waals surface area (Å²) in [4.78, 5) is 3.38. The normalized spacial score (nSPS) is 21.1. The first kappa shape index (κ1) is 40.3. The van der Waals surface area contributed by atoms with Gasteiger partial charge in [-0.05, 0) is 100 Å². The van der Waals surface area contributed by atoms with E-state index in [2.05, 4.69) is 166 Å². The van der Waals surface area contributed by atoms with Crippen LogP contribution in [0.25, 0.3) is 65.4 Å². The van der Waals surface area contributed by atoms with E-state index in [9.17, 15) is 10.2 Å². The van der Waals surface area contributed by atoms with Crippen molar-refractivity contribution in [3.8, 4) is 0 Å². The Balaban J connectivity index is 0.000000110. The van der Waals surface area contributed by atoms with Gasteiger partial charge in [0.25, 0.3) is 0 Å². The summed E-state index contributed by atoms with van der Waals surface area (Å²) in [6.45, 7) is 3.73. The topological polar surface area (TPSA) is 66.1 Å². The van der Waals surface area contributed by atoms with E-state index in [1.54, 1.807) is 0 Å². The fourth-order valence-electron chi connectivity index (χ4n) is 9.88. The number of rotatable bonds is 3. The van der Waals surface area contributed by atoms with Crippen LogP contribution >= 0.6 is 0 Å². The van der Waals surface area contributed by atoms with Crippen LogP contribution in [0.15, 0.2) is 183 Å². The second-order valence-corrected chi connectivity index (χ2v) is 16.8. The average molecular weight is 804 g/mol. The summed E-state index contributed by atoms with van der Waals surface area (Å²) in [5.74, 6) is 0.670. The van der Waals surface area contributed by atoms with Crippen LogP contribution in [0.1, 0.15) is 69.9 Å². The number of benzene rings is 6. The lowest BCUT2D eigenvalue weighted by molar-refractivity contribution is -0.0375. The zero-order valence-corrected chi connectivity index (χ0v) is 35.0. The Morgan fingerprint density at radius 3 is 1.36 bits per heavy atom. The summed E-state index contributed by atoms with van der Waals surface area (Å²) in [5.41, 5.74) is 7.42. The number of fused-ring (bicyclic) bond motifs is 9. The average Bonchev–Trinajstić information content (AvgIpc) is 3.99. The highest BCUT2D eigenvalue weighted by atomic mass is 16.3. The maximum atomic E-state index is 10.5. The molecular formula is C56H57N3O2. The Bertz CT molecular complexity index is 2800. The van der Waals surface area contributed by atoms with E-state index in [0.29, 0.717) is 18.4 Å². The molecule has 3 aliphatic rings. The number of hydrogen-bond acceptors (Lipinski definition) is 2. The number of H-pyrrole nitrogens is 1. The highest BCUT2D eigenvalue weighted by Crippen LogP contribution is 2.38. The van der Waals surface area contributed by atoms with Crippen molar-refractivity contribution in [2.45, 2.75) is 82.1 Å². The number of aromatic amines is 1.